The third-order valence-electron chi connectivity index (χ3n) is 5.04. The van der Waals surface area contributed by atoms with Gasteiger partial charge in [-0.05, 0) is 62.9 Å². The van der Waals surface area contributed by atoms with Gasteiger partial charge in [-0.3, -0.25) is 0 Å². The number of carbonyl (C=O) groups excluding carboxylic acids is 1. The first-order valence-electron chi connectivity index (χ1n) is 10.2. The molecule has 2 aromatic carbocycles. The highest BCUT2D eigenvalue weighted by Gasteiger charge is 2.30. The predicted octanol–water partition coefficient (Wildman–Crippen LogP) is 6.46. The van der Waals surface area contributed by atoms with E-state index >= 15 is 0 Å². The molecule has 0 aliphatic rings. The number of alkyl halides is 3. The molecule has 1 atom stereocenters. The molecule has 2 rings (SSSR count). The summed E-state index contributed by atoms with van der Waals surface area (Å²) in [5, 5.41) is 0. The van der Waals surface area contributed by atoms with Crippen LogP contribution in [-0.4, -0.2) is 37.0 Å². The van der Waals surface area contributed by atoms with Crippen LogP contribution in [0.4, 0.5) is 18.9 Å². The Kier molecular flexibility index (Phi) is 8.25. The molecule has 31 heavy (non-hydrogen) atoms. The first-order chi connectivity index (χ1) is 14.5. The number of aryl methyl sites for hydroxylation is 3. The summed E-state index contributed by atoms with van der Waals surface area (Å²) in [6, 6.07) is 10.4. The molecule has 0 aliphatic heterocycles. The molecule has 168 valence electrons. The van der Waals surface area contributed by atoms with E-state index in [9.17, 15) is 18.0 Å². The molecule has 2 aromatic rings. The molecule has 0 bridgehead atoms. The van der Waals surface area contributed by atoms with Crippen molar-refractivity contribution in [2.24, 2.45) is 4.99 Å². The van der Waals surface area contributed by atoms with Gasteiger partial charge >= 0.3 is 12.1 Å². The second kappa shape index (κ2) is 10.5. The molecule has 0 radical (unpaired) electrons. The van der Waals surface area contributed by atoms with Gasteiger partial charge in [0.05, 0.1) is 17.6 Å². The molecule has 0 saturated heterocycles. The average molecular weight is 435 g/mol. The van der Waals surface area contributed by atoms with Crippen LogP contribution in [0.2, 0.25) is 0 Å². The second-order valence-electron chi connectivity index (χ2n) is 7.73. The topological polar surface area (TPSA) is 41.9 Å². The van der Waals surface area contributed by atoms with Crippen LogP contribution < -0.4 is 0 Å². The molecule has 0 N–H and O–H groups in total. The van der Waals surface area contributed by atoms with Crippen LogP contribution in [0.1, 0.15) is 58.5 Å². The van der Waals surface area contributed by atoms with Gasteiger partial charge in [-0.2, -0.15) is 13.2 Å². The van der Waals surface area contributed by atoms with Crippen molar-refractivity contribution in [3.63, 3.8) is 0 Å². The fourth-order valence-corrected chi connectivity index (χ4v) is 2.96. The number of esters is 1. The zero-order valence-corrected chi connectivity index (χ0v) is 18.6. The zero-order chi connectivity index (χ0) is 23.2. The summed E-state index contributed by atoms with van der Waals surface area (Å²) >= 11 is 0. The quantitative estimate of drug-likeness (QED) is 0.272. The fourth-order valence-electron chi connectivity index (χ4n) is 2.96. The molecule has 0 amide bonds. The zero-order valence-electron chi connectivity index (χ0n) is 18.6. The summed E-state index contributed by atoms with van der Waals surface area (Å²) in [6.07, 6.45) is -4.96. The van der Waals surface area contributed by atoms with Gasteiger partial charge in [0, 0.05) is 20.0 Å². The molecule has 4 nitrogen and oxygen atoms in total. The molecule has 0 aliphatic carbocycles. The van der Waals surface area contributed by atoms with Gasteiger partial charge in [0.25, 0.3) is 0 Å². The van der Waals surface area contributed by atoms with Crippen molar-refractivity contribution < 1.29 is 22.7 Å². The molecular formula is C24H29F3N2O2. The SMILES string of the molecule is CCN(C)/C=N/c1cc(C)c(C(=O)OC(CCC(F)(F)F)c2ccc(C)cc2)cc1C. The maximum Gasteiger partial charge on any atom is 0.389 e. The Morgan fingerprint density at radius 2 is 1.77 bits per heavy atom. The van der Waals surface area contributed by atoms with E-state index in [1.165, 1.54) is 0 Å². The Morgan fingerprint density at radius 3 is 2.35 bits per heavy atom. The number of ether oxygens (including phenoxy) is 1. The van der Waals surface area contributed by atoms with Gasteiger partial charge in [-0.15, -0.1) is 0 Å². The van der Waals surface area contributed by atoms with Gasteiger partial charge < -0.3 is 9.64 Å². The summed E-state index contributed by atoms with van der Waals surface area (Å²) in [5.74, 6) is -0.644. The van der Waals surface area contributed by atoms with Crippen molar-refractivity contribution in [2.75, 3.05) is 13.6 Å². The van der Waals surface area contributed by atoms with Crippen molar-refractivity contribution in [3.05, 3.63) is 64.2 Å². The number of carbonyl (C=O) groups is 1. The van der Waals surface area contributed by atoms with E-state index < -0.39 is 24.7 Å². The number of benzene rings is 2. The maximum absolute atomic E-state index is 12.9. The predicted molar refractivity (Wildman–Crippen MR) is 117 cm³/mol. The van der Waals surface area contributed by atoms with Crippen LogP contribution >= 0.6 is 0 Å². The largest absolute Gasteiger partial charge is 0.454 e. The minimum atomic E-state index is -4.33. The van der Waals surface area contributed by atoms with Crippen molar-refractivity contribution in [1.82, 2.24) is 4.90 Å². The number of nitrogens with zero attached hydrogens (tertiary/aromatic N) is 2. The standard InChI is InChI=1S/C24H29F3N2O2/c1-6-29(5)15-28-21-14-17(3)20(13-18(21)4)23(30)31-22(11-12-24(25,26)27)19-9-7-16(2)8-10-19/h7-10,13-15,22H,6,11-12H2,1-5H3/b28-15+. The van der Waals surface area contributed by atoms with Crippen molar-refractivity contribution >= 4 is 18.0 Å². The summed E-state index contributed by atoms with van der Waals surface area (Å²) in [6.45, 7) is 8.29. The molecular weight excluding hydrogens is 405 g/mol. The molecule has 0 aromatic heterocycles. The monoisotopic (exact) mass is 434 g/mol. The molecule has 7 heteroatoms. The van der Waals surface area contributed by atoms with Crippen LogP contribution in [-0.2, 0) is 4.74 Å². The van der Waals surface area contributed by atoms with Crippen LogP contribution in [0.25, 0.3) is 0 Å². The van der Waals surface area contributed by atoms with E-state index in [4.69, 9.17) is 4.74 Å². The average Bonchev–Trinajstić information content (AvgIpc) is 2.70. The lowest BCUT2D eigenvalue weighted by Gasteiger charge is -2.20. The van der Waals surface area contributed by atoms with Gasteiger partial charge in [0.15, 0.2) is 0 Å². The number of rotatable bonds is 8. The molecule has 1 unspecified atom stereocenters. The Balaban J connectivity index is 2.26. The minimum Gasteiger partial charge on any atom is -0.454 e. The van der Waals surface area contributed by atoms with Crippen molar-refractivity contribution in [3.8, 4) is 0 Å². The third kappa shape index (κ3) is 7.42. The fraction of sp³-hybridized carbons (Fsp3) is 0.417. The minimum absolute atomic E-state index is 0.324. The first-order valence-corrected chi connectivity index (χ1v) is 10.2. The lowest BCUT2D eigenvalue weighted by Crippen LogP contribution is -2.16. The number of aliphatic imine (C=N–C) groups is 1. The van der Waals surface area contributed by atoms with Crippen molar-refractivity contribution in [1.29, 1.82) is 0 Å². The van der Waals surface area contributed by atoms with E-state index in [1.54, 1.807) is 49.7 Å². The second-order valence-corrected chi connectivity index (χ2v) is 7.73. The van der Waals surface area contributed by atoms with Crippen molar-refractivity contribution in [2.45, 2.75) is 52.8 Å². The Bertz CT molecular complexity index is 922. The highest BCUT2D eigenvalue weighted by atomic mass is 19.4. The van der Waals surface area contributed by atoms with E-state index in [1.807, 2.05) is 32.7 Å². The summed E-state index contributed by atoms with van der Waals surface area (Å²) in [4.78, 5) is 19.2. The highest BCUT2D eigenvalue weighted by Crippen LogP contribution is 2.32. The van der Waals surface area contributed by atoms with Crippen LogP contribution in [0.15, 0.2) is 41.4 Å². The Labute approximate surface area is 181 Å². The van der Waals surface area contributed by atoms with E-state index in [0.29, 0.717) is 16.7 Å². The van der Waals surface area contributed by atoms with Gasteiger partial charge in [0.2, 0.25) is 0 Å². The first kappa shape index (κ1) is 24.4. The third-order valence-corrected chi connectivity index (χ3v) is 5.04. The summed E-state index contributed by atoms with van der Waals surface area (Å²) < 4.78 is 44.0. The lowest BCUT2D eigenvalue weighted by molar-refractivity contribution is -0.140. The molecule has 0 heterocycles. The summed E-state index contributed by atoms with van der Waals surface area (Å²) in [5.41, 5.74) is 3.99. The van der Waals surface area contributed by atoms with Gasteiger partial charge in [-0.25, -0.2) is 9.79 Å². The molecule has 0 fully saturated rings. The number of hydrogen-bond donors (Lipinski definition) is 0. The number of hydrogen-bond acceptors (Lipinski definition) is 3. The highest BCUT2D eigenvalue weighted by molar-refractivity contribution is 5.92. The Hall–Kier alpha value is -2.83. The van der Waals surface area contributed by atoms with Crippen LogP contribution in [0, 0.1) is 20.8 Å². The lowest BCUT2D eigenvalue weighted by atomic mass is 10.0. The Morgan fingerprint density at radius 1 is 1.13 bits per heavy atom. The van der Waals surface area contributed by atoms with Gasteiger partial charge in [0.1, 0.15) is 6.10 Å². The van der Waals surface area contributed by atoms with E-state index in [2.05, 4.69) is 4.99 Å². The van der Waals surface area contributed by atoms with E-state index in [-0.39, 0.29) is 6.42 Å². The normalized spacial score (nSPS) is 12.8. The smallest absolute Gasteiger partial charge is 0.389 e. The van der Waals surface area contributed by atoms with Crippen LogP contribution in [0.3, 0.4) is 0 Å². The molecule has 0 spiro atoms. The molecule has 0 saturated carbocycles. The van der Waals surface area contributed by atoms with Gasteiger partial charge in [-0.1, -0.05) is 29.8 Å². The maximum atomic E-state index is 12.9. The number of halogens is 3. The van der Waals surface area contributed by atoms with E-state index in [0.717, 1.165) is 23.4 Å². The summed E-state index contributed by atoms with van der Waals surface area (Å²) in [7, 11) is 1.91. The van der Waals surface area contributed by atoms with Crippen LogP contribution in [0.5, 0.6) is 0 Å².